The zero-order chi connectivity index (χ0) is 14.0. The lowest BCUT2D eigenvalue weighted by Crippen LogP contribution is -2.46. The molecular formula is C15H19BrClNOS. The molecule has 1 unspecified atom stereocenters. The monoisotopic (exact) mass is 375 g/mol. The third-order valence-electron chi connectivity index (χ3n) is 4.19. The Balaban J connectivity index is 1.69. The Kier molecular flexibility index (Phi) is 4.86. The first kappa shape index (κ1) is 15.0. The zero-order valence-electron chi connectivity index (χ0n) is 11.3. The number of halogens is 2. The Hall–Kier alpha value is 0.1000. The molecule has 2 nitrogen and oxygen atoms in total. The first-order valence-corrected chi connectivity index (χ1v) is 9.43. The lowest BCUT2D eigenvalue weighted by Gasteiger charge is -2.43. The molecule has 110 valence electrons. The summed E-state index contributed by atoms with van der Waals surface area (Å²) in [6.45, 7) is 0.862. The molecule has 20 heavy (non-hydrogen) atoms. The third kappa shape index (κ3) is 3.46. The van der Waals surface area contributed by atoms with E-state index in [1.54, 1.807) is 0 Å². The van der Waals surface area contributed by atoms with Crippen LogP contribution in [-0.4, -0.2) is 29.8 Å². The fraction of sp³-hybridized carbons (Fsp3) is 0.600. The normalized spacial score (nSPS) is 25.6. The topological polar surface area (TPSA) is 21.3 Å². The molecule has 3 rings (SSSR count). The Morgan fingerprint density at radius 3 is 2.95 bits per heavy atom. The number of hydrogen-bond acceptors (Lipinski definition) is 3. The standard InChI is InChI=1S/C15H19BrClNOS/c16-13-2-1-11(17)9-14(13)18-12-3-6-19-15(10-12)4-7-20-8-5-15/h1-2,9,12,18H,3-8,10H2. The second kappa shape index (κ2) is 6.47. The maximum Gasteiger partial charge on any atom is 0.0717 e. The van der Waals surface area contributed by atoms with E-state index in [1.807, 2.05) is 30.0 Å². The number of ether oxygens (including phenoxy) is 1. The summed E-state index contributed by atoms with van der Waals surface area (Å²) in [5.41, 5.74) is 1.20. The quantitative estimate of drug-likeness (QED) is 0.788. The van der Waals surface area contributed by atoms with Crippen LogP contribution in [0.5, 0.6) is 0 Å². The smallest absolute Gasteiger partial charge is 0.0717 e. The van der Waals surface area contributed by atoms with Crippen LogP contribution in [0.15, 0.2) is 22.7 Å². The van der Waals surface area contributed by atoms with Crippen LogP contribution in [0, 0.1) is 0 Å². The molecule has 0 bridgehead atoms. The number of anilines is 1. The van der Waals surface area contributed by atoms with Crippen molar-refractivity contribution in [1.82, 2.24) is 0 Å². The Labute approximate surface area is 138 Å². The van der Waals surface area contributed by atoms with Crippen LogP contribution in [0.4, 0.5) is 5.69 Å². The molecule has 1 aromatic carbocycles. The molecule has 0 radical (unpaired) electrons. The lowest BCUT2D eigenvalue weighted by atomic mass is 9.85. The number of thioether (sulfide) groups is 1. The summed E-state index contributed by atoms with van der Waals surface area (Å²) in [6.07, 6.45) is 4.54. The molecule has 2 aliphatic heterocycles. The average Bonchev–Trinajstić information content (AvgIpc) is 2.44. The van der Waals surface area contributed by atoms with Crippen molar-refractivity contribution in [1.29, 1.82) is 0 Å². The maximum atomic E-state index is 6.14. The van der Waals surface area contributed by atoms with Gasteiger partial charge in [0.25, 0.3) is 0 Å². The van der Waals surface area contributed by atoms with Gasteiger partial charge in [-0.1, -0.05) is 11.6 Å². The Bertz CT molecular complexity index is 473. The molecule has 0 aliphatic carbocycles. The molecule has 1 spiro atoms. The van der Waals surface area contributed by atoms with Crippen molar-refractivity contribution in [3.8, 4) is 0 Å². The van der Waals surface area contributed by atoms with Crippen LogP contribution in [0.2, 0.25) is 5.02 Å². The van der Waals surface area contributed by atoms with Crippen LogP contribution in [0.25, 0.3) is 0 Å². The molecule has 0 saturated carbocycles. The van der Waals surface area contributed by atoms with Gasteiger partial charge in [0.15, 0.2) is 0 Å². The van der Waals surface area contributed by atoms with E-state index in [0.717, 1.165) is 34.6 Å². The van der Waals surface area contributed by atoms with Gasteiger partial charge in [-0.15, -0.1) is 0 Å². The molecule has 2 fully saturated rings. The van der Waals surface area contributed by atoms with Gasteiger partial charge in [0, 0.05) is 22.1 Å². The minimum atomic E-state index is 0.117. The van der Waals surface area contributed by atoms with Crippen LogP contribution in [0.3, 0.4) is 0 Å². The van der Waals surface area contributed by atoms with Crippen molar-refractivity contribution in [3.63, 3.8) is 0 Å². The predicted octanol–water partition coefficient (Wildman–Crippen LogP) is 4.96. The summed E-state index contributed by atoms with van der Waals surface area (Å²) in [4.78, 5) is 0. The first-order valence-electron chi connectivity index (χ1n) is 7.10. The van der Waals surface area contributed by atoms with Crippen LogP contribution >= 0.6 is 39.3 Å². The number of benzene rings is 1. The van der Waals surface area contributed by atoms with E-state index in [4.69, 9.17) is 16.3 Å². The highest BCUT2D eigenvalue weighted by Gasteiger charge is 2.38. The summed E-state index contributed by atoms with van der Waals surface area (Å²) < 4.78 is 7.21. The summed E-state index contributed by atoms with van der Waals surface area (Å²) in [7, 11) is 0. The molecule has 0 amide bonds. The van der Waals surface area contributed by atoms with Gasteiger partial charge in [0.05, 0.1) is 11.3 Å². The highest BCUT2D eigenvalue weighted by molar-refractivity contribution is 9.10. The van der Waals surface area contributed by atoms with Crippen molar-refractivity contribution >= 4 is 45.0 Å². The highest BCUT2D eigenvalue weighted by atomic mass is 79.9. The van der Waals surface area contributed by atoms with Crippen molar-refractivity contribution in [2.45, 2.75) is 37.3 Å². The van der Waals surface area contributed by atoms with E-state index >= 15 is 0 Å². The van der Waals surface area contributed by atoms with Gasteiger partial charge in [-0.25, -0.2) is 0 Å². The summed E-state index contributed by atoms with van der Waals surface area (Å²) in [5.74, 6) is 2.46. The second-order valence-corrected chi connectivity index (χ2v) is 8.12. The van der Waals surface area contributed by atoms with Crippen LogP contribution in [0.1, 0.15) is 25.7 Å². The molecule has 2 heterocycles. The van der Waals surface area contributed by atoms with E-state index in [9.17, 15) is 0 Å². The average molecular weight is 377 g/mol. The van der Waals surface area contributed by atoms with Gasteiger partial charge in [-0.05, 0) is 71.3 Å². The summed E-state index contributed by atoms with van der Waals surface area (Å²) in [5, 5.41) is 4.41. The Morgan fingerprint density at radius 2 is 2.15 bits per heavy atom. The van der Waals surface area contributed by atoms with E-state index < -0.39 is 0 Å². The lowest BCUT2D eigenvalue weighted by molar-refractivity contribution is -0.0865. The van der Waals surface area contributed by atoms with Gasteiger partial charge < -0.3 is 10.1 Å². The third-order valence-corrected chi connectivity index (χ3v) is 6.10. The van der Waals surface area contributed by atoms with E-state index in [-0.39, 0.29) is 5.60 Å². The molecule has 2 saturated heterocycles. The molecule has 1 N–H and O–H groups in total. The van der Waals surface area contributed by atoms with Gasteiger partial charge >= 0.3 is 0 Å². The van der Waals surface area contributed by atoms with Gasteiger partial charge in [0.1, 0.15) is 0 Å². The highest BCUT2D eigenvalue weighted by Crippen LogP contribution is 2.39. The maximum absolute atomic E-state index is 6.14. The number of rotatable bonds is 2. The zero-order valence-corrected chi connectivity index (χ0v) is 14.5. The molecule has 1 aromatic rings. The van der Waals surface area contributed by atoms with Crippen LogP contribution in [-0.2, 0) is 4.74 Å². The molecule has 2 aliphatic rings. The fourth-order valence-electron chi connectivity index (χ4n) is 3.07. The van der Waals surface area contributed by atoms with Crippen molar-refractivity contribution in [2.24, 2.45) is 0 Å². The molecule has 5 heteroatoms. The number of nitrogens with one attached hydrogen (secondary N) is 1. The second-order valence-electron chi connectivity index (χ2n) is 5.60. The van der Waals surface area contributed by atoms with Crippen molar-refractivity contribution in [2.75, 3.05) is 23.4 Å². The van der Waals surface area contributed by atoms with Crippen LogP contribution < -0.4 is 5.32 Å². The fourth-order valence-corrected chi connectivity index (χ4v) is 4.84. The minimum absolute atomic E-state index is 0.117. The molecular weight excluding hydrogens is 358 g/mol. The molecule has 0 aromatic heterocycles. The van der Waals surface area contributed by atoms with E-state index in [2.05, 4.69) is 21.2 Å². The van der Waals surface area contributed by atoms with E-state index in [1.165, 1.54) is 24.3 Å². The molecule has 1 atom stereocenters. The number of hydrogen-bond donors (Lipinski definition) is 1. The SMILES string of the molecule is Clc1ccc(Br)c(NC2CCOC3(CCSCC3)C2)c1. The Morgan fingerprint density at radius 1 is 1.35 bits per heavy atom. The predicted molar refractivity (Wildman–Crippen MR) is 91.0 cm³/mol. The largest absolute Gasteiger partial charge is 0.381 e. The van der Waals surface area contributed by atoms with Crippen molar-refractivity contribution in [3.05, 3.63) is 27.7 Å². The van der Waals surface area contributed by atoms with Crippen molar-refractivity contribution < 1.29 is 4.74 Å². The van der Waals surface area contributed by atoms with Gasteiger partial charge in [-0.3, -0.25) is 0 Å². The summed E-state index contributed by atoms with van der Waals surface area (Å²) >= 11 is 11.7. The van der Waals surface area contributed by atoms with Gasteiger partial charge in [-0.2, -0.15) is 11.8 Å². The van der Waals surface area contributed by atoms with E-state index in [0.29, 0.717) is 6.04 Å². The minimum Gasteiger partial charge on any atom is -0.381 e. The van der Waals surface area contributed by atoms with Gasteiger partial charge in [0.2, 0.25) is 0 Å². The summed E-state index contributed by atoms with van der Waals surface area (Å²) in [6, 6.07) is 6.36. The first-order chi connectivity index (χ1) is 9.67.